The molecule has 0 atom stereocenters. The number of fused-ring (bicyclic) bond motifs is 1. The topological polar surface area (TPSA) is 119 Å². The van der Waals surface area contributed by atoms with E-state index in [2.05, 4.69) is 10.6 Å². The lowest BCUT2D eigenvalue weighted by molar-refractivity contribution is -0.122. The Morgan fingerprint density at radius 2 is 1.70 bits per heavy atom. The number of unbranched alkanes of at least 4 members (excludes halogenated alkanes) is 1. The van der Waals surface area contributed by atoms with Crippen molar-refractivity contribution in [1.29, 1.82) is 0 Å². The summed E-state index contributed by atoms with van der Waals surface area (Å²) in [6.07, 6.45) is 1.41. The first kappa shape index (κ1) is 20.1. The molecule has 4 rings (SSSR count). The van der Waals surface area contributed by atoms with Crippen LogP contribution in [0.25, 0.3) is 4.91 Å². The molecule has 30 heavy (non-hydrogen) atoms. The first-order valence-corrected chi connectivity index (χ1v) is 11.0. The van der Waals surface area contributed by atoms with Crippen LogP contribution in [-0.4, -0.2) is 37.7 Å². The van der Waals surface area contributed by atoms with Gasteiger partial charge in [-0.05, 0) is 24.6 Å². The Kier molecular flexibility index (Phi) is 5.10. The number of benzene rings is 2. The molecule has 156 valence electrons. The smallest absolute Gasteiger partial charge is 0.290 e. The van der Waals surface area contributed by atoms with Crippen LogP contribution < -0.4 is 10.6 Å². The first-order chi connectivity index (χ1) is 14.3. The first-order valence-electron chi connectivity index (χ1n) is 9.51. The van der Waals surface area contributed by atoms with E-state index in [0.29, 0.717) is 17.7 Å². The molecule has 3 amide bonds. The van der Waals surface area contributed by atoms with Gasteiger partial charge in [-0.1, -0.05) is 54.5 Å². The number of nitrogens with zero attached hydrogens (tertiary/aromatic N) is 1. The summed E-state index contributed by atoms with van der Waals surface area (Å²) in [4.78, 5) is 37.0. The average molecular weight is 427 g/mol. The summed E-state index contributed by atoms with van der Waals surface area (Å²) in [5.74, 6) is -1.51. The van der Waals surface area contributed by atoms with E-state index in [-0.39, 0.29) is 28.3 Å². The van der Waals surface area contributed by atoms with Crippen LogP contribution in [0.2, 0.25) is 0 Å². The molecule has 0 saturated heterocycles. The Hall–Kier alpha value is -3.14. The lowest BCUT2D eigenvalue weighted by atomic mass is 10.1. The molecule has 0 fully saturated rings. The normalized spacial score (nSPS) is 18.5. The molecule has 0 aliphatic carbocycles. The number of amides is 3. The zero-order valence-electron chi connectivity index (χ0n) is 16.2. The molecule has 8 nitrogen and oxygen atoms in total. The molecule has 0 radical (unpaired) electrons. The second-order valence-corrected chi connectivity index (χ2v) is 8.91. The van der Waals surface area contributed by atoms with Gasteiger partial charge in [0.05, 0.1) is 11.1 Å². The number of carbonyl (C=O) groups is 3. The van der Waals surface area contributed by atoms with Gasteiger partial charge in [-0.3, -0.25) is 28.8 Å². The van der Waals surface area contributed by atoms with Crippen LogP contribution >= 0.6 is 10.8 Å². The summed E-state index contributed by atoms with van der Waals surface area (Å²) in [5, 5.41) is 5.19. The van der Waals surface area contributed by atoms with E-state index in [1.807, 2.05) is 6.92 Å². The van der Waals surface area contributed by atoms with Crippen LogP contribution in [0.1, 0.15) is 46.0 Å². The number of rotatable bonds is 6. The van der Waals surface area contributed by atoms with Gasteiger partial charge in [0, 0.05) is 17.8 Å². The van der Waals surface area contributed by atoms with E-state index >= 15 is 0 Å². The van der Waals surface area contributed by atoms with Crippen molar-refractivity contribution in [3.05, 3.63) is 70.9 Å². The fourth-order valence-electron chi connectivity index (χ4n) is 3.51. The van der Waals surface area contributed by atoms with Crippen LogP contribution in [0.15, 0.2) is 54.2 Å². The third kappa shape index (κ3) is 3.26. The number of hydrogen-bond acceptors (Lipinski definition) is 6. The lowest BCUT2D eigenvalue weighted by Gasteiger charge is -2.38. The zero-order valence-corrected chi connectivity index (χ0v) is 17.0. The van der Waals surface area contributed by atoms with Crippen LogP contribution in [0, 0.1) is 0 Å². The number of carbonyl (C=O) groups excluding carboxylic acids is 3. The van der Waals surface area contributed by atoms with Crippen LogP contribution in [-0.2, 0) is 4.79 Å². The zero-order chi connectivity index (χ0) is 21.5. The molecule has 9 heteroatoms. The molecule has 2 aromatic carbocycles. The van der Waals surface area contributed by atoms with E-state index in [1.165, 1.54) is 12.1 Å². The maximum absolute atomic E-state index is 13.1. The van der Waals surface area contributed by atoms with Crippen LogP contribution in [0.5, 0.6) is 0 Å². The number of anilines is 1. The van der Waals surface area contributed by atoms with Gasteiger partial charge in [0.2, 0.25) is 0 Å². The molecule has 2 heterocycles. The number of imide groups is 1. The lowest BCUT2D eigenvalue weighted by Crippen LogP contribution is -2.31. The van der Waals surface area contributed by atoms with Gasteiger partial charge in [-0.2, -0.15) is 0 Å². The Labute approximate surface area is 175 Å². The second-order valence-electron chi connectivity index (χ2n) is 7.02. The van der Waals surface area contributed by atoms with Crippen molar-refractivity contribution in [3.63, 3.8) is 0 Å². The monoisotopic (exact) mass is 427 g/mol. The molecule has 0 bridgehead atoms. The van der Waals surface area contributed by atoms with Crippen molar-refractivity contribution in [3.8, 4) is 0 Å². The Bertz CT molecular complexity index is 1080. The number of hydrogen-bond donors (Lipinski definition) is 4. The largest absolute Gasteiger partial charge is 0.349 e. The highest BCUT2D eigenvalue weighted by Gasteiger charge is 2.44. The van der Waals surface area contributed by atoms with Crippen molar-refractivity contribution in [2.24, 2.45) is 0 Å². The summed E-state index contributed by atoms with van der Waals surface area (Å²) >= 11 is 0. The van der Waals surface area contributed by atoms with E-state index in [0.717, 1.165) is 10.7 Å². The highest BCUT2D eigenvalue weighted by molar-refractivity contribution is 8.31. The SMILES string of the molecule is CCCCN1C(=O)C(Nc2ccc3c(c2)C(=O)NC3=O)=C(c2ccccc2)S1(O)O. The van der Waals surface area contributed by atoms with E-state index < -0.39 is 28.5 Å². The molecule has 4 N–H and O–H groups in total. The van der Waals surface area contributed by atoms with E-state index in [4.69, 9.17) is 0 Å². The van der Waals surface area contributed by atoms with Crippen molar-refractivity contribution >= 4 is 39.1 Å². The van der Waals surface area contributed by atoms with Gasteiger partial charge < -0.3 is 5.32 Å². The molecule has 0 spiro atoms. The predicted octanol–water partition coefficient (Wildman–Crippen LogP) is 3.66. The minimum Gasteiger partial charge on any atom is -0.349 e. The van der Waals surface area contributed by atoms with Crippen molar-refractivity contribution in [1.82, 2.24) is 9.62 Å². The molecule has 0 unspecified atom stereocenters. The molecule has 2 aliphatic rings. The minimum absolute atomic E-state index is 0.0435. The predicted molar refractivity (Wildman–Crippen MR) is 115 cm³/mol. The van der Waals surface area contributed by atoms with E-state index in [9.17, 15) is 23.5 Å². The average Bonchev–Trinajstić information content (AvgIpc) is 3.10. The second kappa shape index (κ2) is 7.60. The molecule has 2 aromatic rings. The van der Waals surface area contributed by atoms with Gasteiger partial charge in [0.15, 0.2) is 0 Å². The molecule has 2 aliphatic heterocycles. The van der Waals surface area contributed by atoms with Gasteiger partial charge in [0.25, 0.3) is 17.7 Å². The summed E-state index contributed by atoms with van der Waals surface area (Å²) in [7, 11) is -3.54. The van der Waals surface area contributed by atoms with Crippen LogP contribution in [0.4, 0.5) is 5.69 Å². The summed E-state index contributed by atoms with van der Waals surface area (Å²) in [5.41, 5.74) is 1.41. The van der Waals surface area contributed by atoms with Gasteiger partial charge >= 0.3 is 0 Å². The molecular formula is C21H21N3O5S. The Balaban J connectivity index is 1.78. The summed E-state index contributed by atoms with van der Waals surface area (Å²) in [6.45, 7) is 2.16. The Morgan fingerprint density at radius 1 is 1.00 bits per heavy atom. The molecule has 0 saturated carbocycles. The Morgan fingerprint density at radius 3 is 2.40 bits per heavy atom. The number of nitrogens with one attached hydrogen (secondary N) is 2. The van der Waals surface area contributed by atoms with Gasteiger partial charge in [0.1, 0.15) is 10.6 Å². The highest BCUT2D eigenvalue weighted by Crippen LogP contribution is 2.62. The molecular weight excluding hydrogens is 406 g/mol. The van der Waals surface area contributed by atoms with Crippen molar-refractivity contribution in [2.75, 3.05) is 11.9 Å². The van der Waals surface area contributed by atoms with Crippen molar-refractivity contribution < 1.29 is 23.5 Å². The van der Waals surface area contributed by atoms with Gasteiger partial charge in [-0.25, -0.2) is 4.31 Å². The quantitative estimate of drug-likeness (QED) is 0.523. The maximum atomic E-state index is 13.1. The summed E-state index contributed by atoms with van der Waals surface area (Å²) < 4.78 is 23.1. The van der Waals surface area contributed by atoms with Gasteiger partial charge in [-0.15, -0.1) is 0 Å². The minimum atomic E-state index is -3.54. The summed E-state index contributed by atoms with van der Waals surface area (Å²) in [6, 6.07) is 13.2. The third-order valence-electron chi connectivity index (χ3n) is 5.00. The maximum Gasteiger partial charge on any atom is 0.290 e. The van der Waals surface area contributed by atoms with E-state index in [1.54, 1.807) is 36.4 Å². The standard InChI is InChI=1S/C21H21N3O5S/c1-2-3-11-24-21(27)17(18(30(24,28)29)13-7-5-4-6-8-13)22-14-9-10-15-16(12-14)20(26)23-19(15)25/h4-10,12,22,28-29H,2-3,11H2,1H3,(H,23,25,26). The fourth-order valence-corrected chi connectivity index (χ4v) is 5.30. The molecule has 0 aromatic heterocycles. The highest BCUT2D eigenvalue weighted by atomic mass is 32.3. The van der Waals surface area contributed by atoms with Crippen molar-refractivity contribution in [2.45, 2.75) is 19.8 Å². The third-order valence-corrected chi connectivity index (χ3v) is 6.96. The fraction of sp³-hybridized carbons (Fsp3) is 0.190. The van der Waals surface area contributed by atoms with Crippen LogP contribution in [0.3, 0.4) is 0 Å².